The molecule has 1 aliphatic heterocycles. The number of rotatable bonds is 7. The van der Waals surface area contributed by atoms with Gasteiger partial charge in [0.25, 0.3) is 0 Å². The van der Waals surface area contributed by atoms with E-state index < -0.39 is 0 Å². The second kappa shape index (κ2) is 8.28. The van der Waals surface area contributed by atoms with Crippen LogP contribution in [-0.2, 0) is 11.2 Å². The van der Waals surface area contributed by atoms with Gasteiger partial charge in [-0.25, -0.2) is 4.39 Å². The average Bonchev–Trinajstić information content (AvgIpc) is 2.52. The molecule has 1 unspecified atom stereocenters. The van der Waals surface area contributed by atoms with Gasteiger partial charge in [0.2, 0.25) is 5.91 Å². The number of carbonyl (C=O) groups excluding carboxylic acids is 1. The number of carbonyl (C=O) groups is 1. The first-order valence-corrected chi connectivity index (χ1v) is 8.36. The van der Waals surface area contributed by atoms with Crippen LogP contribution < -0.4 is 0 Å². The maximum absolute atomic E-state index is 13.0. The monoisotopic (exact) mass is 306 g/mol. The van der Waals surface area contributed by atoms with Crippen molar-refractivity contribution in [2.75, 3.05) is 26.2 Å². The number of likely N-dealkylation sites (tertiary alicyclic amines) is 1. The van der Waals surface area contributed by atoms with E-state index in [-0.39, 0.29) is 5.82 Å². The summed E-state index contributed by atoms with van der Waals surface area (Å²) in [6.45, 7) is 7.95. The molecule has 0 N–H and O–H groups in total. The summed E-state index contributed by atoms with van der Waals surface area (Å²) in [4.78, 5) is 16.3. The summed E-state index contributed by atoms with van der Waals surface area (Å²) in [6.07, 6.45) is 3.77. The van der Waals surface area contributed by atoms with Crippen molar-refractivity contribution in [3.05, 3.63) is 35.6 Å². The molecule has 1 saturated heterocycles. The van der Waals surface area contributed by atoms with E-state index in [1.54, 1.807) is 0 Å². The van der Waals surface area contributed by atoms with E-state index in [2.05, 4.69) is 18.7 Å². The lowest BCUT2D eigenvalue weighted by Crippen LogP contribution is -2.44. The van der Waals surface area contributed by atoms with Gasteiger partial charge in [-0.2, -0.15) is 0 Å². The molecule has 3 nitrogen and oxygen atoms in total. The van der Waals surface area contributed by atoms with Crippen molar-refractivity contribution in [2.24, 2.45) is 0 Å². The van der Waals surface area contributed by atoms with Gasteiger partial charge in [-0.15, -0.1) is 0 Å². The van der Waals surface area contributed by atoms with E-state index in [4.69, 9.17) is 0 Å². The van der Waals surface area contributed by atoms with E-state index in [0.29, 0.717) is 18.4 Å². The molecule has 0 bridgehead atoms. The maximum Gasteiger partial charge on any atom is 0.222 e. The van der Waals surface area contributed by atoms with Crippen LogP contribution >= 0.6 is 0 Å². The van der Waals surface area contributed by atoms with Crippen LogP contribution in [0, 0.1) is 5.82 Å². The van der Waals surface area contributed by atoms with Crippen molar-refractivity contribution in [3.8, 4) is 0 Å². The van der Waals surface area contributed by atoms with Crippen LogP contribution in [0.15, 0.2) is 24.3 Å². The normalized spacial score (nSPS) is 17.1. The van der Waals surface area contributed by atoms with E-state index in [1.165, 1.54) is 12.1 Å². The minimum Gasteiger partial charge on any atom is -0.341 e. The van der Waals surface area contributed by atoms with Crippen molar-refractivity contribution in [2.45, 2.75) is 45.6 Å². The molecule has 2 rings (SSSR count). The minimum atomic E-state index is -0.188. The average molecular weight is 306 g/mol. The summed E-state index contributed by atoms with van der Waals surface area (Å²) in [5, 5.41) is 0. The molecule has 1 aliphatic rings. The van der Waals surface area contributed by atoms with Gasteiger partial charge in [-0.1, -0.05) is 19.1 Å². The number of halogens is 1. The smallest absolute Gasteiger partial charge is 0.222 e. The van der Waals surface area contributed by atoms with Crippen LogP contribution in [0.1, 0.15) is 38.7 Å². The third-order valence-corrected chi connectivity index (χ3v) is 4.55. The molecule has 1 amide bonds. The highest BCUT2D eigenvalue weighted by Gasteiger charge is 2.20. The molecule has 1 fully saturated rings. The molecule has 0 spiro atoms. The van der Waals surface area contributed by atoms with Crippen LogP contribution in [0.25, 0.3) is 0 Å². The third kappa shape index (κ3) is 4.80. The van der Waals surface area contributed by atoms with Crippen LogP contribution in [0.5, 0.6) is 0 Å². The fourth-order valence-electron chi connectivity index (χ4n) is 3.13. The highest BCUT2D eigenvalue weighted by molar-refractivity contribution is 5.76. The summed E-state index contributed by atoms with van der Waals surface area (Å²) in [6, 6.07) is 7.13. The largest absolute Gasteiger partial charge is 0.341 e. The molecule has 1 aromatic carbocycles. The van der Waals surface area contributed by atoms with Gasteiger partial charge >= 0.3 is 0 Å². The quantitative estimate of drug-likeness (QED) is 0.773. The Bertz CT molecular complexity index is 474. The first-order chi connectivity index (χ1) is 10.6. The van der Waals surface area contributed by atoms with Crippen LogP contribution in [0.2, 0.25) is 0 Å². The van der Waals surface area contributed by atoms with Gasteiger partial charge in [0.1, 0.15) is 5.82 Å². The Hall–Kier alpha value is -1.42. The maximum atomic E-state index is 13.0. The fraction of sp³-hybridized carbons (Fsp3) is 0.611. The molecule has 0 aromatic heterocycles. The zero-order chi connectivity index (χ0) is 15.9. The van der Waals surface area contributed by atoms with Gasteiger partial charge in [-0.3, -0.25) is 9.69 Å². The minimum absolute atomic E-state index is 0.188. The molecule has 4 heteroatoms. The molecule has 1 aromatic rings. The van der Waals surface area contributed by atoms with Gasteiger partial charge in [0.05, 0.1) is 0 Å². The second-order valence-corrected chi connectivity index (χ2v) is 6.15. The first kappa shape index (κ1) is 16.9. The Morgan fingerprint density at radius 1 is 1.27 bits per heavy atom. The molecule has 1 heterocycles. The van der Waals surface area contributed by atoms with Crippen molar-refractivity contribution >= 4 is 5.91 Å². The van der Waals surface area contributed by atoms with Crippen molar-refractivity contribution in [3.63, 3.8) is 0 Å². The number of nitrogens with zero attached hydrogens (tertiary/aromatic N) is 2. The Morgan fingerprint density at radius 3 is 2.64 bits per heavy atom. The number of piperidine rings is 1. The Kier molecular flexibility index (Phi) is 6.37. The van der Waals surface area contributed by atoms with Crippen LogP contribution in [0.3, 0.4) is 0 Å². The van der Waals surface area contributed by atoms with E-state index >= 15 is 0 Å². The summed E-state index contributed by atoms with van der Waals surface area (Å²) in [7, 11) is 0. The molecule has 1 atom stereocenters. The predicted octanol–water partition coefficient (Wildman–Crippen LogP) is 3.09. The molecule has 0 aliphatic carbocycles. The molecule has 0 saturated carbocycles. The van der Waals surface area contributed by atoms with Crippen molar-refractivity contribution in [1.82, 2.24) is 9.80 Å². The summed E-state index contributed by atoms with van der Waals surface area (Å²) in [5.41, 5.74) is 1.15. The second-order valence-electron chi connectivity index (χ2n) is 6.15. The summed E-state index contributed by atoms with van der Waals surface area (Å²) < 4.78 is 13.0. The van der Waals surface area contributed by atoms with Gasteiger partial charge in [0, 0.05) is 32.1 Å². The fourth-order valence-corrected chi connectivity index (χ4v) is 3.13. The lowest BCUT2D eigenvalue weighted by Gasteiger charge is -2.32. The molecule has 122 valence electrons. The number of amides is 1. The zero-order valence-electron chi connectivity index (χ0n) is 13.7. The molecule has 22 heavy (non-hydrogen) atoms. The Labute approximate surface area is 133 Å². The molecular formula is C18H27FN2O. The van der Waals surface area contributed by atoms with Gasteiger partial charge in [-0.05, 0) is 50.4 Å². The lowest BCUT2D eigenvalue weighted by molar-refractivity contribution is -0.133. The Balaban J connectivity index is 1.84. The Morgan fingerprint density at radius 2 is 2.00 bits per heavy atom. The van der Waals surface area contributed by atoms with E-state index in [9.17, 15) is 9.18 Å². The van der Waals surface area contributed by atoms with Crippen molar-refractivity contribution in [1.29, 1.82) is 0 Å². The summed E-state index contributed by atoms with van der Waals surface area (Å²) in [5.74, 6) is 0.112. The van der Waals surface area contributed by atoms with Crippen molar-refractivity contribution < 1.29 is 9.18 Å². The topological polar surface area (TPSA) is 23.6 Å². The predicted molar refractivity (Wildman–Crippen MR) is 87.2 cm³/mol. The van der Waals surface area contributed by atoms with Crippen LogP contribution in [-0.4, -0.2) is 47.9 Å². The number of hydrogen-bond acceptors (Lipinski definition) is 2. The van der Waals surface area contributed by atoms with Gasteiger partial charge in [0.15, 0.2) is 0 Å². The van der Waals surface area contributed by atoms with Crippen LogP contribution in [0.4, 0.5) is 4.39 Å². The molecular weight excluding hydrogens is 279 g/mol. The first-order valence-electron chi connectivity index (χ1n) is 8.36. The summed E-state index contributed by atoms with van der Waals surface area (Å²) >= 11 is 0. The highest BCUT2D eigenvalue weighted by atomic mass is 19.1. The van der Waals surface area contributed by atoms with E-state index in [1.807, 2.05) is 17.0 Å². The third-order valence-electron chi connectivity index (χ3n) is 4.55. The highest BCUT2D eigenvalue weighted by Crippen LogP contribution is 2.13. The SMILES string of the molecule is CCN(CCN1CCCCC1=O)C(C)Cc1ccc(F)cc1. The van der Waals surface area contributed by atoms with Gasteiger partial charge < -0.3 is 4.90 Å². The standard InChI is InChI=1S/C18H27FN2O/c1-3-20(12-13-21-11-5-4-6-18(21)22)15(2)14-16-7-9-17(19)10-8-16/h7-10,15H,3-6,11-14H2,1-2H3. The van der Waals surface area contributed by atoms with E-state index in [0.717, 1.165) is 51.0 Å². The number of benzene rings is 1. The number of hydrogen-bond donors (Lipinski definition) is 0. The number of likely N-dealkylation sites (N-methyl/N-ethyl adjacent to an activating group) is 1. The molecule has 0 radical (unpaired) electrons. The lowest BCUT2D eigenvalue weighted by atomic mass is 10.1. The zero-order valence-corrected chi connectivity index (χ0v) is 13.7.